The summed E-state index contributed by atoms with van der Waals surface area (Å²) >= 11 is 5.90. The first-order valence-corrected chi connectivity index (χ1v) is 6.82. The van der Waals surface area contributed by atoms with Crippen molar-refractivity contribution in [2.45, 2.75) is 13.0 Å². The van der Waals surface area contributed by atoms with Crippen LogP contribution >= 0.6 is 11.6 Å². The number of nitrogens with one attached hydrogen (secondary N) is 2. The van der Waals surface area contributed by atoms with Crippen LogP contribution < -0.4 is 15.4 Å². The van der Waals surface area contributed by atoms with Crippen molar-refractivity contribution in [2.75, 3.05) is 17.7 Å². The highest BCUT2D eigenvalue weighted by molar-refractivity contribution is 6.31. The maximum atomic E-state index is 12.0. The fourth-order valence-electron chi connectivity index (χ4n) is 1.77. The summed E-state index contributed by atoms with van der Waals surface area (Å²) in [4.78, 5) is 12.0. The molecule has 0 aliphatic carbocycles. The summed E-state index contributed by atoms with van der Waals surface area (Å²) in [6.07, 6.45) is 2.04. The number of nitriles is 1. The van der Waals surface area contributed by atoms with Crippen molar-refractivity contribution in [3.8, 4) is 11.8 Å². The van der Waals surface area contributed by atoms with Gasteiger partial charge in [0.05, 0.1) is 31.8 Å². The molecule has 0 unspecified atom stereocenters. The van der Waals surface area contributed by atoms with Crippen LogP contribution in [-0.2, 0) is 6.54 Å². The average molecular weight is 320 g/mol. The third kappa shape index (κ3) is 4.14. The van der Waals surface area contributed by atoms with Gasteiger partial charge in [0, 0.05) is 17.3 Å². The van der Waals surface area contributed by atoms with Gasteiger partial charge >= 0.3 is 6.03 Å². The Bertz CT molecular complexity index is 707. The molecule has 1 aromatic heterocycles. The topological polar surface area (TPSA) is 92.0 Å². The van der Waals surface area contributed by atoms with E-state index < -0.39 is 6.03 Å². The number of rotatable bonds is 5. The Hall–Kier alpha value is -2.72. The summed E-state index contributed by atoms with van der Waals surface area (Å²) in [5, 5.41) is 18.4. The van der Waals surface area contributed by atoms with E-state index in [-0.39, 0.29) is 0 Å². The number of amides is 2. The zero-order valence-corrected chi connectivity index (χ0v) is 12.6. The van der Waals surface area contributed by atoms with Crippen molar-refractivity contribution in [3.63, 3.8) is 0 Å². The second-order valence-corrected chi connectivity index (χ2v) is 4.73. The molecule has 0 atom stereocenters. The van der Waals surface area contributed by atoms with E-state index >= 15 is 0 Å². The molecule has 0 aliphatic rings. The fourth-order valence-corrected chi connectivity index (χ4v) is 1.94. The average Bonchev–Trinajstić information content (AvgIpc) is 2.92. The largest absolute Gasteiger partial charge is 0.495 e. The number of nitrogens with zero attached hydrogens (tertiary/aromatic N) is 3. The van der Waals surface area contributed by atoms with Crippen molar-refractivity contribution in [2.24, 2.45) is 0 Å². The molecule has 0 saturated heterocycles. The first-order valence-electron chi connectivity index (χ1n) is 6.44. The minimum absolute atomic E-state index is 0.354. The van der Waals surface area contributed by atoms with Crippen LogP contribution in [0.3, 0.4) is 0 Å². The summed E-state index contributed by atoms with van der Waals surface area (Å²) in [5.74, 6) is 0.885. The van der Waals surface area contributed by atoms with Crippen molar-refractivity contribution >= 4 is 29.1 Å². The molecule has 8 heteroatoms. The van der Waals surface area contributed by atoms with E-state index in [1.165, 1.54) is 7.11 Å². The van der Waals surface area contributed by atoms with Gasteiger partial charge in [0.2, 0.25) is 0 Å². The standard InChI is InChI=1S/C14H14ClN5O2/c1-22-12-4-3-10(15)9-11(12)17-14(21)18-13-5-8-20(19-13)7-2-6-16/h3-5,8-9H,2,7H2,1H3,(H2,17,18,19,21). The maximum absolute atomic E-state index is 12.0. The first-order chi connectivity index (χ1) is 10.6. The zero-order valence-electron chi connectivity index (χ0n) is 11.8. The van der Waals surface area contributed by atoms with E-state index in [9.17, 15) is 4.79 Å². The van der Waals surface area contributed by atoms with E-state index in [1.54, 1.807) is 35.1 Å². The lowest BCUT2D eigenvalue weighted by atomic mass is 10.3. The number of benzene rings is 1. The number of ether oxygens (including phenoxy) is 1. The van der Waals surface area contributed by atoms with Gasteiger partial charge in [0.1, 0.15) is 5.75 Å². The van der Waals surface area contributed by atoms with E-state index in [0.717, 1.165) is 0 Å². The van der Waals surface area contributed by atoms with Crippen molar-refractivity contribution in [3.05, 3.63) is 35.5 Å². The molecule has 2 N–H and O–H groups in total. The van der Waals surface area contributed by atoms with Gasteiger partial charge in [0.25, 0.3) is 0 Å². The molecule has 0 saturated carbocycles. The Kier molecular flexibility index (Phi) is 5.22. The molecule has 7 nitrogen and oxygen atoms in total. The molecule has 0 aliphatic heterocycles. The highest BCUT2D eigenvalue weighted by atomic mass is 35.5. The number of carbonyl (C=O) groups is 1. The van der Waals surface area contributed by atoms with Crippen LogP contribution in [0.15, 0.2) is 30.5 Å². The van der Waals surface area contributed by atoms with Crippen molar-refractivity contribution in [1.82, 2.24) is 9.78 Å². The Balaban J connectivity index is 2.00. The van der Waals surface area contributed by atoms with Crippen LogP contribution in [0.4, 0.5) is 16.3 Å². The number of hydrogen-bond acceptors (Lipinski definition) is 4. The van der Waals surface area contributed by atoms with E-state index in [1.807, 2.05) is 6.07 Å². The van der Waals surface area contributed by atoms with Gasteiger partial charge in [-0.05, 0) is 18.2 Å². The second kappa shape index (κ2) is 7.33. The smallest absolute Gasteiger partial charge is 0.325 e. The Labute approximate surface area is 132 Å². The minimum atomic E-state index is -0.467. The van der Waals surface area contributed by atoms with Crippen LogP contribution in [0.5, 0.6) is 5.75 Å². The molecule has 0 fully saturated rings. The normalized spacial score (nSPS) is 9.86. The van der Waals surface area contributed by atoms with Gasteiger partial charge < -0.3 is 10.1 Å². The molecule has 0 radical (unpaired) electrons. The molecular weight excluding hydrogens is 306 g/mol. The lowest BCUT2D eigenvalue weighted by Crippen LogP contribution is -2.20. The quantitative estimate of drug-likeness (QED) is 0.885. The predicted octanol–water partition coefficient (Wildman–Crippen LogP) is 3.10. The number of methoxy groups -OCH3 is 1. The van der Waals surface area contributed by atoms with E-state index in [2.05, 4.69) is 15.7 Å². The highest BCUT2D eigenvalue weighted by Gasteiger charge is 2.09. The molecule has 2 aromatic rings. The Morgan fingerprint density at radius 1 is 1.45 bits per heavy atom. The monoisotopic (exact) mass is 319 g/mol. The van der Waals surface area contributed by atoms with Crippen molar-refractivity contribution < 1.29 is 9.53 Å². The van der Waals surface area contributed by atoms with Crippen LogP contribution in [0, 0.1) is 11.3 Å². The number of aromatic nitrogens is 2. The van der Waals surface area contributed by atoms with Gasteiger partial charge in [-0.2, -0.15) is 10.4 Å². The first kappa shape index (κ1) is 15.7. The van der Waals surface area contributed by atoms with Gasteiger partial charge in [-0.1, -0.05) is 11.6 Å². The number of urea groups is 1. The molecule has 1 aromatic carbocycles. The highest BCUT2D eigenvalue weighted by Crippen LogP contribution is 2.27. The van der Waals surface area contributed by atoms with Gasteiger partial charge in [-0.3, -0.25) is 10.00 Å². The van der Waals surface area contributed by atoms with Crippen LogP contribution in [0.25, 0.3) is 0 Å². The van der Waals surface area contributed by atoms with Gasteiger partial charge in [-0.15, -0.1) is 0 Å². The molecule has 1 heterocycles. The summed E-state index contributed by atoms with van der Waals surface area (Å²) in [6.45, 7) is 0.474. The molecule has 2 amide bonds. The van der Waals surface area contributed by atoms with Crippen LogP contribution in [0.1, 0.15) is 6.42 Å². The predicted molar refractivity (Wildman–Crippen MR) is 83.1 cm³/mol. The van der Waals surface area contributed by atoms with Crippen LogP contribution in [-0.4, -0.2) is 22.9 Å². The number of aryl methyl sites for hydroxylation is 1. The molecule has 0 bridgehead atoms. The minimum Gasteiger partial charge on any atom is -0.495 e. The van der Waals surface area contributed by atoms with Crippen molar-refractivity contribution in [1.29, 1.82) is 5.26 Å². The maximum Gasteiger partial charge on any atom is 0.325 e. The number of carbonyl (C=O) groups excluding carboxylic acids is 1. The fraction of sp³-hybridized carbons (Fsp3) is 0.214. The summed E-state index contributed by atoms with van der Waals surface area (Å²) < 4.78 is 6.73. The lowest BCUT2D eigenvalue weighted by molar-refractivity contribution is 0.262. The number of halogens is 1. The van der Waals surface area contributed by atoms with Gasteiger partial charge in [-0.25, -0.2) is 4.79 Å². The summed E-state index contributed by atoms with van der Waals surface area (Å²) in [7, 11) is 1.50. The summed E-state index contributed by atoms with van der Waals surface area (Å²) in [6, 6.07) is 8.13. The molecule has 0 spiro atoms. The number of hydrogen-bond donors (Lipinski definition) is 2. The zero-order chi connectivity index (χ0) is 15.9. The van der Waals surface area contributed by atoms with E-state index in [0.29, 0.717) is 35.2 Å². The third-order valence-corrected chi connectivity index (χ3v) is 2.98. The van der Waals surface area contributed by atoms with Crippen LogP contribution in [0.2, 0.25) is 5.02 Å². The van der Waals surface area contributed by atoms with Gasteiger partial charge in [0.15, 0.2) is 5.82 Å². The molecule has 114 valence electrons. The number of anilines is 2. The summed E-state index contributed by atoms with van der Waals surface area (Å²) in [5.41, 5.74) is 0.455. The Morgan fingerprint density at radius 2 is 2.27 bits per heavy atom. The lowest BCUT2D eigenvalue weighted by Gasteiger charge is -2.10. The third-order valence-electron chi connectivity index (χ3n) is 2.74. The molecule has 22 heavy (non-hydrogen) atoms. The molecule has 2 rings (SSSR count). The second-order valence-electron chi connectivity index (χ2n) is 4.30. The SMILES string of the molecule is COc1ccc(Cl)cc1NC(=O)Nc1ccn(CCC#N)n1. The molecular formula is C14H14ClN5O2. The Morgan fingerprint density at radius 3 is 3.00 bits per heavy atom. The van der Waals surface area contributed by atoms with E-state index in [4.69, 9.17) is 21.6 Å².